The third-order valence-corrected chi connectivity index (χ3v) is 6.42. The second-order valence-corrected chi connectivity index (χ2v) is 9.45. The van der Waals surface area contributed by atoms with Gasteiger partial charge >= 0.3 is 0 Å². The highest BCUT2D eigenvalue weighted by atomic mass is 35.5. The first-order chi connectivity index (χ1) is 16.9. The number of hydrogen-bond donors (Lipinski definition) is 1. The fourth-order valence-corrected chi connectivity index (χ4v) is 4.46. The molecule has 0 atom stereocenters. The van der Waals surface area contributed by atoms with Crippen molar-refractivity contribution in [3.63, 3.8) is 0 Å². The molecule has 5 nitrogen and oxygen atoms in total. The van der Waals surface area contributed by atoms with Crippen LogP contribution in [0.1, 0.15) is 11.1 Å². The summed E-state index contributed by atoms with van der Waals surface area (Å²) in [6.45, 7) is 0.377. The third-order valence-electron chi connectivity index (χ3n) is 4.86. The van der Waals surface area contributed by atoms with Gasteiger partial charge in [-0.25, -0.2) is 4.98 Å². The van der Waals surface area contributed by atoms with E-state index in [-0.39, 0.29) is 5.91 Å². The summed E-state index contributed by atoms with van der Waals surface area (Å²) in [7, 11) is 1.57. The van der Waals surface area contributed by atoms with Crippen LogP contribution in [-0.2, 0) is 11.4 Å². The number of anilines is 1. The Morgan fingerprint density at radius 2 is 1.77 bits per heavy atom. The number of hydrogen-bond acceptors (Lipinski definition) is 5. The number of halogens is 3. The van der Waals surface area contributed by atoms with E-state index in [1.165, 1.54) is 17.4 Å². The van der Waals surface area contributed by atoms with Gasteiger partial charge in [-0.2, -0.15) is 0 Å². The van der Waals surface area contributed by atoms with E-state index in [0.29, 0.717) is 44.0 Å². The molecule has 1 heterocycles. The molecule has 0 fully saturated rings. The highest BCUT2D eigenvalue weighted by molar-refractivity contribution is 7.14. The van der Waals surface area contributed by atoms with Crippen molar-refractivity contribution < 1.29 is 14.3 Å². The summed E-state index contributed by atoms with van der Waals surface area (Å²) in [6.07, 6.45) is 3.12. The van der Waals surface area contributed by atoms with E-state index in [0.717, 1.165) is 16.7 Å². The maximum absolute atomic E-state index is 12.4. The lowest BCUT2D eigenvalue weighted by Crippen LogP contribution is -2.07. The predicted octanol–water partition coefficient (Wildman–Crippen LogP) is 8.01. The lowest BCUT2D eigenvalue weighted by Gasteiger charge is -2.11. The highest BCUT2D eigenvalue weighted by Gasteiger charge is 2.10. The van der Waals surface area contributed by atoms with Gasteiger partial charge in [0.1, 0.15) is 6.61 Å². The van der Waals surface area contributed by atoms with Crippen LogP contribution < -0.4 is 14.8 Å². The van der Waals surface area contributed by atoms with Crippen molar-refractivity contribution in [1.29, 1.82) is 0 Å². The van der Waals surface area contributed by atoms with Crippen LogP contribution in [-0.4, -0.2) is 18.0 Å². The molecule has 0 spiro atoms. The molecule has 0 saturated carbocycles. The van der Waals surface area contributed by atoms with Crippen molar-refractivity contribution in [1.82, 2.24) is 4.98 Å². The molecule has 1 aromatic heterocycles. The minimum absolute atomic E-state index is 0.310. The summed E-state index contributed by atoms with van der Waals surface area (Å²) < 4.78 is 11.3. The zero-order valence-corrected chi connectivity index (χ0v) is 21.5. The fraction of sp³-hybridized carbons (Fsp3) is 0.0769. The predicted molar refractivity (Wildman–Crippen MR) is 144 cm³/mol. The molecule has 0 aliphatic carbocycles. The van der Waals surface area contributed by atoms with E-state index in [1.807, 2.05) is 35.7 Å². The monoisotopic (exact) mass is 544 g/mol. The Morgan fingerprint density at radius 1 is 1.00 bits per heavy atom. The summed E-state index contributed by atoms with van der Waals surface area (Å²) in [6, 6.07) is 18.1. The lowest BCUT2D eigenvalue weighted by molar-refractivity contribution is -0.111. The quantitative estimate of drug-likeness (QED) is 0.228. The van der Waals surface area contributed by atoms with E-state index in [9.17, 15) is 4.79 Å². The second-order valence-electron chi connectivity index (χ2n) is 7.31. The first kappa shape index (κ1) is 25.1. The molecular weight excluding hydrogens is 527 g/mol. The largest absolute Gasteiger partial charge is 0.493 e. The van der Waals surface area contributed by atoms with Crippen molar-refractivity contribution in [2.75, 3.05) is 12.4 Å². The van der Waals surface area contributed by atoms with Gasteiger partial charge in [-0.05, 0) is 59.7 Å². The van der Waals surface area contributed by atoms with E-state index < -0.39 is 0 Å². The van der Waals surface area contributed by atoms with E-state index in [2.05, 4.69) is 10.3 Å². The van der Waals surface area contributed by atoms with Gasteiger partial charge < -0.3 is 9.47 Å². The van der Waals surface area contributed by atoms with Crippen molar-refractivity contribution in [2.45, 2.75) is 6.61 Å². The van der Waals surface area contributed by atoms with Crippen LogP contribution in [0.25, 0.3) is 17.3 Å². The van der Waals surface area contributed by atoms with Gasteiger partial charge in [-0.3, -0.25) is 10.1 Å². The van der Waals surface area contributed by atoms with Gasteiger partial charge in [0.2, 0.25) is 5.91 Å². The van der Waals surface area contributed by atoms with E-state index >= 15 is 0 Å². The van der Waals surface area contributed by atoms with Crippen molar-refractivity contribution >= 4 is 63.3 Å². The average Bonchev–Trinajstić information content (AvgIpc) is 3.30. The Bertz CT molecular complexity index is 1370. The van der Waals surface area contributed by atoms with Gasteiger partial charge in [-0.1, -0.05) is 53.0 Å². The van der Waals surface area contributed by atoms with Gasteiger partial charge in [0, 0.05) is 27.1 Å². The van der Waals surface area contributed by atoms with Gasteiger partial charge in [-0.15, -0.1) is 11.3 Å². The van der Waals surface area contributed by atoms with Crippen molar-refractivity contribution in [3.8, 4) is 22.8 Å². The van der Waals surface area contributed by atoms with Crippen LogP contribution >= 0.6 is 46.1 Å². The number of nitrogens with one attached hydrogen (secondary N) is 1. The van der Waals surface area contributed by atoms with Crippen LogP contribution in [0.4, 0.5) is 5.13 Å². The standard InChI is InChI=1S/C26H19Cl3N2O3S/c1-33-24-12-16(4-10-23(24)34-14-17-2-6-18(27)7-3-17)5-11-25(32)31-26-30-22(15-35-26)20-9-8-19(28)13-21(20)29/h2-13,15H,14H2,1H3,(H,30,31,32). The van der Waals surface area contributed by atoms with Crippen LogP contribution in [0, 0.1) is 0 Å². The molecular formula is C26H19Cl3N2O3S. The molecule has 0 radical (unpaired) electrons. The molecule has 1 amide bonds. The molecule has 35 heavy (non-hydrogen) atoms. The zero-order valence-electron chi connectivity index (χ0n) is 18.4. The number of carbonyl (C=O) groups is 1. The van der Waals surface area contributed by atoms with Crippen LogP contribution in [0.2, 0.25) is 15.1 Å². The summed E-state index contributed by atoms with van der Waals surface area (Å²) in [4.78, 5) is 16.8. The number of amides is 1. The van der Waals surface area contributed by atoms with Crippen LogP contribution in [0.5, 0.6) is 11.5 Å². The molecule has 0 aliphatic heterocycles. The molecule has 0 saturated heterocycles. The molecule has 1 N–H and O–H groups in total. The second kappa shape index (κ2) is 11.6. The van der Waals surface area contributed by atoms with Gasteiger partial charge in [0.15, 0.2) is 16.6 Å². The first-order valence-corrected chi connectivity index (χ1v) is 12.4. The fourth-order valence-electron chi connectivity index (χ4n) is 3.12. The van der Waals surface area contributed by atoms with Crippen LogP contribution in [0.15, 0.2) is 72.1 Å². The number of ether oxygens (including phenoxy) is 2. The Kier molecular flexibility index (Phi) is 8.31. The molecule has 3 aromatic carbocycles. The molecule has 0 unspecified atom stereocenters. The number of benzene rings is 3. The third kappa shape index (κ3) is 6.77. The summed E-state index contributed by atoms with van der Waals surface area (Å²) in [5.41, 5.74) is 3.17. The maximum Gasteiger partial charge on any atom is 0.250 e. The normalized spacial score (nSPS) is 11.0. The number of aromatic nitrogens is 1. The maximum atomic E-state index is 12.4. The lowest BCUT2D eigenvalue weighted by atomic mass is 10.2. The smallest absolute Gasteiger partial charge is 0.250 e. The SMILES string of the molecule is COc1cc(C=CC(=O)Nc2nc(-c3ccc(Cl)cc3Cl)cs2)ccc1OCc1ccc(Cl)cc1. The van der Waals surface area contributed by atoms with Crippen molar-refractivity contribution in [2.24, 2.45) is 0 Å². The van der Waals surface area contributed by atoms with Crippen LogP contribution in [0.3, 0.4) is 0 Å². The van der Waals surface area contributed by atoms with Gasteiger partial charge in [0.25, 0.3) is 0 Å². The summed E-state index contributed by atoms with van der Waals surface area (Å²) in [5, 5.41) is 6.76. The number of nitrogens with zero attached hydrogens (tertiary/aromatic N) is 1. The molecule has 4 aromatic rings. The molecule has 9 heteroatoms. The number of rotatable bonds is 8. The van der Waals surface area contributed by atoms with Crippen molar-refractivity contribution in [3.05, 3.63) is 98.3 Å². The summed E-state index contributed by atoms with van der Waals surface area (Å²) >= 11 is 19.4. The first-order valence-electron chi connectivity index (χ1n) is 10.4. The minimum atomic E-state index is -0.310. The number of thiazole rings is 1. The minimum Gasteiger partial charge on any atom is -0.493 e. The van der Waals surface area contributed by atoms with Gasteiger partial charge in [0.05, 0.1) is 17.8 Å². The Hall–Kier alpha value is -3.03. The average molecular weight is 546 g/mol. The Morgan fingerprint density at radius 3 is 2.51 bits per heavy atom. The molecule has 178 valence electrons. The van der Waals surface area contributed by atoms with E-state index in [1.54, 1.807) is 43.5 Å². The Balaban J connectivity index is 1.38. The van der Waals surface area contributed by atoms with E-state index in [4.69, 9.17) is 44.3 Å². The molecule has 0 aliphatic rings. The zero-order chi connectivity index (χ0) is 24.8. The topological polar surface area (TPSA) is 60.5 Å². The number of carbonyl (C=O) groups excluding carboxylic acids is 1. The molecule has 0 bridgehead atoms. The molecule has 4 rings (SSSR count). The number of methoxy groups -OCH3 is 1. The summed E-state index contributed by atoms with van der Waals surface area (Å²) in [5.74, 6) is 0.848. The Labute approximate surface area is 221 Å². The highest BCUT2D eigenvalue weighted by Crippen LogP contribution is 2.32.